The molecule has 0 fully saturated rings. The van der Waals surface area contributed by atoms with Crippen molar-refractivity contribution in [3.05, 3.63) is 72.3 Å². The topological polar surface area (TPSA) is 77.2 Å². The Hall–Kier alpha value is -3.91. The lowest BCUT2D eigenvalue weighted by molar-refractivity contribution is 0.0699. The van der Waals surface area contributed by atoms with Crippen molar-refractivity contribution in [1.82, 2.24) is 4.98 Å². The van der Waals surface area contributed by atoms with Crippen molar-refractivity contribution < 1.29 is 9.90 Å². The smallest absolute Gasteiger partial charge is 0.336 e. The molecule has 0 saturated carbocycles. The number of aromatic nitrogens is 1. The summed E-state index contributed by atoms with van der Waals surface area (Å²) in [6, 6.07) is 23.2. The van der Waals surface area contributed by atoms with Gasteiger partial charge in [-0.1, -0.05) is 36.4 Å². The van der Waals surface area contributed by atoms with E-state index in [0.29, 0.717) is 29.6 Å². The maximum absolute atomic E-state index is 11.9. The predicted octanol–water partition coefficient (Wildman–Crippen LogP) is 5.10. The minimum absolute atomic E-state index is 0.242. The van der Waals surface area contributed by atoms with Crippen LogP contribution in [0.2, 0.25) is 0 Å². The molecule has 1 N–H and O–H groups in total. The Bertz CT molecular complexity index is 1260. The first kappa shape index (κ1) is 18.5. The van der Waals surface area contributed by atoms with Crippen molar-refractivity contribution in [3.8, 4) is 17.3 Å². The predicted molar refractivity (Wildman–Crippen MR) is 115 cm³/mol. The molecule has 0 amide bonds. The van der Waals surface area contributed by atoms with E-state index in [2.05, 4.69) is 6.07 Å². The molecule has 4 rings (SSSR count). The van der Waals surface area contributed by atoms with Gasteiger partial charge in [0, 0.05) is 30.2 Å². The minimum atomic E-state index is -0.971. The fourth-order valence-electron chi connectivity index (χ4n) is 3.47. The minimum Gasteiger partial charge on any atom is -0.478 e. The van der Waals surface area contributed by atoms with Crippen LogP contribution < -0.4 is 4.90 Å². The number of pyridine rings is 1. The Morgan fingerprint density at radius 2 is 1.76 bits per heavy atom. The van der Waals surface area contributed by atoms with Gasteiger partial charge in [0.1, 0.15) is 0 Å². The van der Waals surface area contributed by atoms with Gasteiger partial charge < -0.3 is 10.0 Å². The fraction of sp³-hybridized carbons (Fsp3) is 0.125. The van der Waals surface area contributed by atoms with Gasteiger partial charge in [-0.15, -0.1) is 0 Å². The molecule has 0 radical (unpaired) electrons. The number of carboxylic acid groups (broad SMARTS) is 1. The summed E-state index contributed by atoms with van der Waals surface area (Å²) >= 11 is 0. The third-order valence-electron chi connectivity index (χ3n) is 5.07. The van der Waals surface area contributed by atoms with Crippen molar-refractivity contribution in [2.75, 3.05) is 18.5 Å². The van der Waals surface area contributed by atoms with Crippen LogP contribution in [0.5, 0.6) is 0 Å². The molecule has 5 heteroatoms. The van der Waals surface area contributed by atoms with Crippen LogP contribution in [0, 0.1) is 11.3 Å². The summed E-state index contributed by atoms with van der Waals surface area (Å²) < 4.78 is 0. The lowest BCUT2D eigenvalue weighted by Gasteiger charge is -2.18. The molecule has 0 saturated heterocycles. The van der Waals surface area contributed by atoms with Gasteiger partial charge in [0.2, 0.25) is 0 Å². The Morgan fingerprint density at radius 1 is 1.07 bits per heavy atom. The molecule has 0 unspecified atom stereocenters. The zero-order valence-electron chi connectivity index (χ0n) is 16.0. The number of nitriles is 1. The van der Waals surface area contributed by atoms with Crippen LogP contribution >= 0.6 is 0 Å². The second-order valence-electron chi connectivity index (χ2n) is 6.95. The summed E-state index contributed by atoms with van der Waals surface area (Å²) in [5.41, 5.74) is 3.37. The Kier molecular flexibility index (Phi) is 4.84. The monoisotopic (exact) mass is 381 g/mol. The lowest BCUT2D eigenvalue weighted by atomic mass is 10.0. The van der Waals surface area contributed by atoms with Crippen molar-refractivity contribution in [2.24, 2.45) is 0 Å². The second kappa shape index (κ2) is 7.61. The quantitative estimate of drug-likeness (QED) is 0.487. The number of carbonyl (C=O) groups is 1. The third-order valence-corrected chi connectivity index (χ3v) is 5.07. The number of fused-ring (bicyclic) bond motifs is 2. The van der Waals surface area contributed by atoms with Gasteiger partial charge in [-0.2, -0.15) is 5.26 Å². The SMILES string of the molecule is CN(CCC#N)c1ccc(-c2cc(C(=O)O)c3cc4ccccc4cc3n2)cc1. The summed E-state index contributed by atoms with van der Waals surface area (Å²) in [7, 11) is 1.94. The summed E-state index contributed by atoms with van der Waals surface area (Å²) in [6.45, 7) is 0.653. The first-order valence-corrected chi connectivity index (χ1v) is 9.32. The van der Waals surface area contributed by atoms with E-state index >= 15 is 0 Å². The van der Waals surface area contributed by atoms with Crippen LogP contribution in [0.4, 0.5) is 5.69 Å². The van der Waals surface area contributed by atoms with Crippen LogP contribution in [-0.2, 0) is 0 Å². The molecule has 3 aromatic carbocycles. The van der Waals surface area contributed by atoms with E-state index in [1.54, 1.807) is 6.07 Å². The van der Waals surface area contributed by atoms with Gasteiger partial charge in [0.05, 0.1) is 29.3 Å². The van der Waals surface area contributed by atoms with Gasteiger partial charge in [-0.3, -0.25) is 0 Å². The summed E-state index contributed by atoms with van der Waals surface area (Å²) in [5.74, 6) is -0.971. The maximum atomic E-state index is 11.9. The molecule has 1 heterocycles. The van der Waals surface area contributed by atoms with Gasteiger partial charge in [-0.25, -0.2) is 9.78 Å². The standard InChI is InChI=1S/C24H19N3O2/c1-27(12-4-11-25)19-9-7-16(8-10-19)22-15-21(24(28)29)20-13-17-5-2-3-6-18(17)14-23(20)26-22/h2-3,5-10,13-15H,4,12H2,1H3,(H,28,29). The van der Waals surface area contributed by atoms with Crippen molar-refractivity contribution in [2.45, 2.75) is 6.42 Å². The Labute approximate surface area is 168 Å². The van der Waals surface area contributed by atoms with Crippen LogP contribution in [0.1, 0.15) is 16.8 Å². The van der Waals surface area contributed by atoms with E-state index in [0.717, 1.165) is 22.0 Å². The van der Waals surface area contributed by atoms with Crippen LogP contribution in [0.3, 0.4) is 0 Å². The molecule has 0 bridgehead atoms. The summed E-state index contributed by atoms with van der Waals surface area (Å²) in [4.78, 5) is 18.7. The van der Waals surface area contributed by atoms with Gasteiger partial charge >= 0.3 is 5.97 Å². The van der Waals surface area contributed by atoms with Gasteiger partial charge in [-0.05, 0) is 41.1 Å². The second-order valence-corrected chi connectivity index (χ2v) is 6.95. The highest BCUT2D eigenvalue weighted by Crippen LogP contribution is 2.29. The van der Waals surface area contributed by atoms with Crippen LogP contribution in [-0.4, -0.2) is 29.7 Å². The number of anilines is 1. The molecule has 5 nitrogen and oxygen atoms in total. The average Bonchev–Trinajstić information content (AvgIpc) is 2.75. The number of benzene rings is 3. The van der Waals surface area contributed by atoms with Gasteiger partial charge in [0.25, 0.3) is 0 Å². The van der Waals surface area contributed by atoms with E-state index in [-0.39, 0.29) is 5.56 Å². The van der Waals surface area contributed by atoms with Crippen molar-refractivity contribution >= 4 is 33.3 Å². The zero-order chi connectivity index (χ0) is 20.4. The van der Waals surface area contributed by atoms with Gasteiger partial charge in [0.15, 0.2) is 0 Å². The average molecular weight is 381 g/mol. The van der Waals surface area contributed by atoms with E-state index in [9.17, 15) is 9.90 Å². The fourth-order valence-corrected chi connectivity index (χ4v) is 3.47. The van der Waals surface area contributed by atoms with Crippen molar-refractivity contribution in [3.63, 3.8) is 0 Å². The summed E-state index contributed by atoms with van der Waals surface area (Å²) in [5, 5.41) is 21.2. The Balaban J connectivity index is 1.80. The Morgan fingerprint density at radius 3 is 2.41 bits per heavy atom. The molecule has 0 atom stereocenters. The molecule has 142 valence electrons. The number of aromatic carboxylic acids is 1. The van der Waals surface area contributed by atoms with Crippen molar-refractivity contribution in [1.29, 1.82) is 5.26 Å². The molecule has 29 heavy (non-hydrogen) atoms. The van der Waals surface area contributed by atoms with E-state index in [1.807, 2.05) is 72.6 Å². The zero-order valence-corrected chi connectivity index (χ0v) is 16.0. The number of carboxylic acids is 1. The first-order valence-electron chi connectivity index (χ1n) is 9.32. The van der Waals surface area contributed by atoms with Crippen LogP contribution in [0.15, 0.2) is 66.7 Å². The van der Waals surface area contributed by atoms with E-state index in [1.165, 1.54) is 0 Å². The largest absolute Gasteiger partial charge is 0.478 e. The number of rotatable bonds is 5. The molecule has 0 spiro atoms. The highest BCUT2D eigenvalue weighted by atomic mass is 16.4. The number of hydrogen-bond acceptors (Lipinski definition) is 4. The molecule has 0 aliphatic rings. The molecule has 0 aliphatic heterocycles. The molecule has 4 aromatic rings. The van der Waals surface area contributed by atoms with Crippen LogP contribution in [0.25, 0.3) is 32.9 Å². The maximum Gasteiger partial charge on any atom is 0.336 e. The van der Waals surface area contributed by atoms with E-state index in [4.69, 9.17) is 10.2 Å². The molecule has 0 aliphatic carbocycles. The molecular weight excluding hydrogens is 362 g/mol. The first-order chi connectivity index (χ1) is 14.1. The third kappa shape index (κ3) is 3.61. The number of nitrogens with zero attached hydrogens (tertiary/aromatic N) is 3. The lowest BCUT2D eigenvalue weighted by Crippen LogP contribution is -2.17. The number of hydrogen-bond donors (Lipinski definition) is 1. The normalized spacial score (nSPS) is 10.8. The molecule has 1 aromatic heterocycles. The highest BCUT2D eigenvalue weighted by molar-refractivity contribution is 6.08. The summed E-state index contributed by atoms with van der Waals surface area (Å²) in [6.07, 6.45) is 0.459. The van der Waals surface area contributed by atoms with E-state index < -0.39 is 5.97 Å². The highest BCUT2D eigenvalue weighted by Gasteiger charge is 2.14. The molecular formula is C24H19N3O2.